The Morgan fingerprint density at radius 1 is 1.21 bits per heavy atom. The first-order chi connectivity index (χ1) is 11.5. The van der Waals surface area contributed by atoms with Crippen LogP contribution in [0.25, 0.3) is 10.9 Å². The minimum absolute atomic E-state index is 0.0171. The van der Waals surface area contributed by atoms with Gasteiger partial charge in [0.05, 0.1) is 17.9 Å². The smallest absolute Gasteiger partial charge is 0.382 e. The molecular formula is C17H16N2O5. The second-order valence-electron chi connectivity index (χ2n) is 5.27. The number of aromatic nitrogens is 2. The Balaban J connectivity index is 1.94. The van der Waals surface area contributed by atoms with E-state index in [1.54, 1.807) is 39.0 Å². The zero-order valence-electron chi connectivity index (χ0n) is 13.5. The molecule has 0 fully saturated rings. The molecule has 0 aliphatic heterocycles. The lowest BCUT2D eigenvalue weighted by Gasteiger charge is -2.04. The van der Waals surface area contributed by atoms with Crippen LogP contribution in [0.4, 0.5) is 0 Å². The van der Waals surface area contributed by atoms with Crippen LogP contribution in [0.5, 0.6) is 5.75 Å². The van der Waals surface area contributed by atoms with Gasteiger partial charge >= 0.3 is 11.9 Å². The fourth-order valence-corrected chi connectivity index (χ4v) is 2.45. The van der Waals surface area contributed by atoms with Gasteiger partial charge in [0.1, 0.15) is 5.75 Å². The van der Waals surface area contributed by atoms with Crippen LogP contribution in [0.2, 0.25) is 0 Å². The molecule has 0 saturated carbocycles. The van der Waals surface area contributed by atoms with Gasteiger partial charge in [0.25, 0.3) is 0 Å². The fourth-order valence-electron chi connectivity index (χ4n) is 2.45. The number of fused-ring (bicyclic) bond motifs is 1. The van der Waals surface area contributed by atoms with E-state index in [0.29, 0.717) is 28.1 Å². The van der Waals surface area contributed by atoms with Crippen molar-refractivity contribution in [1.29, 1.82) is 0 Å². The highest BCUT2D eigenvalue weighted by Crippen LogP contribution is 2.27. The highest BCUT2D eigenvalue weighted by atomic mass is 16.6. The van der Waals surface area contributed by atoms with E-state index in [1.165, 1.54) is 6.07 Å². The van der Waals surface area contributed by atoms with Gasteiger partial charge in [0.15, 0.2) is 0 Å². The maximum atomic E-state index is 12.1. The lowest BCUT2D eigenvalue weighted by Crippen LogP contribution is -2.07. The Morgan fingerprint density at radius 2 is 2.00 bits per heavy atom. The highest BCUT2D eigenvalue weighted by Gasteiger charge is 2.19. The summed E-state index contributed by atoms with van der Waals surface area (Å²) in [5.41, 5.74) is 2.46. The maximum absolute atomic E-state index is 12.1. The van der Waals surface area contributed by atoms with Crippen molar-refractivity contribution in [3.63, 3.8) is 0 Å². The number of hydrogen-bond acceptors (Lipinski definition) is 6. The topological polar surface area (TPSA) is 94.4 Å². The number of carbonyl (C=O) groups excluding carboxylic acids is 2. The molecule has 1 aromatic carbocycles. The Bertz CT molecular complexity index is 922. The summed E-state index contributed by atoms with van der Waals surface area (Å²) in [6, 6.07) is 6.48. The van der Waals surface area contributed by atoms with Gasteiger partial charge in [0, 0.05) is 22.7 Å². The molecule has 0 bridgehead atoms. The zero-order chi connectivity index (χ0) is 17.3. The van der Waals surface area contributed by atoms with Crippen LogP contribution in [0, 0.1) is 13.8 Å². The molecule has 124 valence electrons. The van der Waals surface area contributed by atoms with Crippen molar-refractivity contribution >= 4 is 22.8 Å². The summed E-state index contributed by atoms with van der Waals surface area (Å²) >= 11 is 0. The molecule has 0 spiro atoms. The van der Waals surface area contributed by atoms with E-state index in [1.807, 2.05) is 0 Å². The van der Waals surface area contributed by atoms with Gasteiger partial charge in [-0.3, -0.25) is 0 Å². The number of benzene rings is 1. The Morgan fingerprint density at radius 3 is 2.67 bits per heavy atom. The molecule has 2 aromatic heterocycles. The van der Waals surface area contributed by atoms with Gasteiger partial charge in [-0.1, -0.05) is 5.16 Å². The van der Waals surface area contributed by atoms with E-state index in [0.717, 1.165) is 5.52 Å². The molecule has 0 aliphatic rings. The molecule has 0 atom stereocenters. The maximum Gasteiger partial charge on any atom is 0.382 e. The fraction of sp³-hybridized carbons (Fsp3) is 0.235. The predicted molar refractivity (Wildman–Crippen MR) is 85.2 cm³/mol. The average Bonchev–Trinajstić information content (AvgIpc) is 3.10. The summed E-state index contributed by atoms with van der Waals surface area (Å²) in [5.74, 6) is -0.759. The largest absolute Gasteiger partial charge is 0.462 e. The van der Waals surface area contributed by atoms with Gasteiger partial charge in [-0.15, -0.1) is 0 Å². The van der Waals surface area contributed by atoms with Crippen LogP contribution >= 0.6 is 0 Å². The normalized spacial score (nSPS) is 10.8. The molecule has 0 amide bonds. The van der Waals surface area contributed by atoms with E-state index in [4.69, 9.17) is 14.0 Å². The molecule has 2 heterocycles. The monoisotopic (exact) mass is 328 g/mol. The third kappa shape index (κ3) is 2.88. The number of nitrogens with zero attached hydrogens (tertiary/aromatic N) is 1. The second-order valence-corrected chi connectivity index (χ2v) is 5.27. The molecule has 1 N–H and O–H groups in total. The third-order valence-electron chi connectivity index (χ3n) is 3.48. The minimum atomic E-state index is -0.653. The third-order valence-corrected chi connectivity index (χ3v) is 3.48. The van der Waals surface area contributed by atoms with Gasteiger partial charge in [0.2, 0.25) is 5.76 Å². The number of aromatic amines is 1. The number of H-pyrrole nitrogens is 1. The van der Waals surface area contributed by atoms with Crippen molar-refractivity contribution in [2.24, 2.45) is 0 Å². The molecule has 0 saturated heterocycles. The molecule has 7 nitrogen and oxygen atoms in total. The van der Waals surface area contributed by atoms with E-state index in [9.17, 15) is 9.59 Å². The van der Waals surface area contributed by atoms with Crippen LogP contribution in [-0.4, -0.2) is 28.7 Å². The van der Waals surface area contributed by atoms with Crippen LogP contribution < -0.4 is 4.74 Å². The quantitative estimate of drug-likeness (QED) is 0.584. The van der Waals surface area contributed by atoms with Crippen molar-refractivity contribution in [1.82, 2.24) is 10.1 Å². The molecule has 3 aromatic rings. The molecule has 7 heteroatoms. The number of carbonyl (C=O) groups is 2. The number of hydrogen-bond donors (Lipinski definition) is 1. The van der Waals surface area contributed by atoms with E-state index >= 15 is 0 Å². The van der Waals surface area contributed by atoms with Gasteiger partial charge in [-0.05, 0) is 39.0 Å². The van der Waals surface area contributed by atoms with Crippen LogP contribution in [0.15, 0.2) is 28.8 Å². The Labute approximate surface area is 137 Å². The Kier molecular flexibility index (Phi) is 4.07. The van der Waals surface area contributed by atoms with Gasteiger partial charge in [-0.2, -0.15) is 0 Å². The highest BCUT2D eigenvalue weighted by molar-refractivity contribution is 6.06. The van der Waals surface area contributed by atoms with Crippen molar-refractivity contribution in [3.8, 4) is 5.75 Å². The van der Waals surface area contributed by atoms with Crippen LogP contribution in [-0.2, 0) is 4.74 Å². The molecule has 3 rings (SSSR count). The van der Waals surface area contributed by atoms with Gasteiger partial charge < -0.3 is 19.0 Å². The number of rotatable bonds is 4. The van der Waals surface area contributed by atoms with Crippen LogP contribution in [0.3, 0.4) is 0 Å². The number of nitrogens with one attached hydrogen (secondary N) is 1. The number of aryl methyl sites for hydroxylation is 2. The predicted octanol–water partition coefficient (Wildman–Crippen LogP) is 3.17. The SMILES string of the molecule is CCOC(=O)c1c(C)[nH]c2ccc(OC(=O)c3cc(C)no3)cc12. The lowest BCUT2D eigenvalue weighted by molar-refractivity contribution is 0.0527. The first-order valence-electron chi connectivity index (χ1n) is 7.44. The van der Waals surface area contributed by atoms with E-state index in [-0.39, 0.29) is 12.4 Å². The first kappa shape index (κ1) is 15.8. The first-order valence-corrected chi connectivity index (χ1v) is 7.44. The van der Waals surface area contributed by atoms with Crippen molar-refractivity contribution in [2.45, 2.75) is 20.8 Å². The summed E-state index contributed by atoms with van der Waals surface area (Å²) in [7, 11) is 0. The van der Waals surface area contributed by atoms with Gasteiger partial charge in [-0.25, -0.2) is 9.59 Å². The number of ether oxygens (including phenoxy) is 2. The minimum Gasteiger partial charge on any atom is -0.462 e. The van der Waals surface area contributed by atoms with Crippen molar-refractivity contribution in [2.75, 3.05) is 6.61 Å². The van der Waals surface area contributed by atoms with Crippen LogP contribution in [0.1, 0.15) is 39.2 Å². The Hall–Kier alpha value is -3.09. The molecule has 0 aliphatic carbocycles. The molecule has 24 heavy (non-hydrogen) atoms. The summed E-state index contributed by atoms with van der Waals surface area (Å²) in [4.78, 5) is 27.3. The van der Waals surface area contributed by atoms with Crippen molar-refractivity contribution in [3.05, 3.63) is 47.0 Å². The van der Waals surface area contributed by atoms with E-state index in [2.05, 4.69) is 10.1 Å². The summed E-state index contributed by atoms with van der Waals surface area (Å²) in [6.45, 7) is 5.52. The summed E-state index contributed by atoms with van der Waals surface area (Å²) in [5, 5.41) is 4.28. The summed E-state index contributed by atoms with van der Waals surface area (Å²) < 4.78 is 15.2. The van der Waals surface area contributed by atoms with E-state index < -0.39 is 11.9 Å². The second kappa shape index (κ2) is 6.19. The summed E-state index contributed by atoms with van der Waals surface area (Å²) in [6.07, 6.45) is 0. The molecule has 0 unspecified atom stereocenters. The standard InChI is InChI=1S/C17H16N2O5/c1-4-22-17(21)15-10(3)18-13-6-5-11(8-12(13)15)23-16(20)14-7-9(2)19-24-14/h5-8,18H,4H2,1-3H3. The number of esters is 2. The molecule has 0 radical (unpaired) electrons. The molecular weight excluding hydrogens is 312 g/mol. The lowest BCUT2D eigenvalue weighted by atomic mass is 10.1. The zero-order valence-corrected chi connectivity index (χ0v) is 13.5. The average molecular weight is 328 g/mol. The van der Waals surface area contributed by atoms with Crippen molar-refractivity contribution < 1.29 is 23.6 Å².